The summed E-state index contributed by atoms with van der Waals surface area (Å²) in [7, 11) is 0. The normalized spacial score (nSPS) is 12.0. The molecule has 2 amide bonds. The molecule has 0 radical (unpaired) electrons. The van der Waals surface area contributed by atoms with Crippen LogP contribution in [0.4, 0.5) is 5.13 Å². The lowest BCUT2D eigenvalue weighted by atomic mass is 10.1. The van der Waals surface area contributed by atoms with E-state index in [1.54, 1.807) is 30.0 Å². The average Bonchev–Trinajstić information content (AvgIpc) is 3.04. The van der Waals surface area contributed by atoms with Crippen LogP contribution >= 0.6 is 39.0 Å². The van der Waals surface area contributed by atoms with Gasteiger partial charge in [-0.05, 0) is 52.4 Å². The minimum Gasteiger partial charge on any atom is -0.340 e. The van der Waals surface area contributed by atoms with Crippen molar-refractivity contribution in [3.8, 4) is 0 Å². The molecule has 1 atom stereocenters. The van der Waals surface area contributed by atoms with Crippen LogP contribution in [0.1, 0.15) is 35.6 Å². The summed E-state index contributed by atoms with van der Waals surface area (Å²) in [5, 5.41) is 15.1. The van der Waals surface area contributed by atoms with E-state index in [0.717, 1.165) is 17.2 Å². The number of halogens is 1. The van der Waals surface area contributed by atoms with Crippen molar-refractivity contribution >= 4 is 56.0 Å². The van der Waals surface area contributed by atoms with Gasteiger partial charge in [-0.25, -0.2) is 0 Å². The molecule has 146 valence electrons. The van der Waals surface area contributed by atoms with Crippen molar-refractivity contribution in [1.82, 2.24) is 15.5 Å². The largest absolute Gasteiger partial charge is 0.340 e. The van der Waals surface area contributed by atoms with E-state index in [1.807, 2.05) is 12.3 Å². The van der Waals surface area contributed by atoms with E-state index < -0.39 is 6.04 Å². The molecule has 0 bridgehead atoms. The fraction of sp³-hybridized carbons (Fsp3) is 0.444. The SMILES string of the molecule is CSCCC(NC(=O)c1ccccc1Br)C(=O)Nc1nnc(CC(C)C)s1. The molecule has 2 rings (SSSR count). The number of aromatic nitrogens is 2. The third kappa shape index (κ3) is 6.90. The molecule has 2 aromatic rings. The Morgan fingerprint density at radius 1 is 1.26 bits per heavy atom. The molecule has 0 fully saturated rings. The first-order valence-electron chi connectivity index (χ1n) is 8.58. The maximum atomic E-state index is 12.7. The Kier molecular flexibility index (Phi) is 8.72. The fourth-order valence-electron chi connectivity index (χ4n) is 2.31. The van der Waals surface area contributed by atoms with Crippen molar-refractivity contribution in [3.05, 3.63) is 39.3 Å². The molecule has 1 aromatic carbocycles. The predicted octanol–water partition coefficient (Wildman–Crippen LogP) is 3.99. The zero-order valence-corrected chi connectivity index (χ0v) is 18.7. The molecule has 1 aromatic heterocycles. The Morgan fingerprint density at radius 3 is 2.67 bits per heavy atom. The summed E-state index contributed by atoms with van der Waals surface area (Å²) >= 11 is 6.36. The molecule has 0 spiro atoms. The topological polar surface area (TPSA) is 84.0 Å². The van der Waals surface area contributed by atoms with Crippen LogP contribution in [-0.2, 0) is 11.2 Å². The van der Waals surface area contributed by atoms with Gasteiger partial charge in [0.2, 0.25) is 11.0 Å². The van der Waals surface area contributed by atoms with Crippen LogP contribution in [-0.4, -0.2) is 40.1 Å². The molecule has 0 saturated carbocycles. The van der Waals surface area contributed by atoms with E-state index in [1.165, 1.54) is 11.3 Å². The third-order valence-electron chi connectivity index (χ3n) is 3.63. The Labute approximate surface area is 176 Å². The van der Waals surface area contributed by atoms with Gasteiger partial charge in [0.25, 0.3) is 5.91 Å². The highest BCUT2D eigenvalue weighted by Gasteiger charge is 2.23. The number of amides is 2. The van der Waals surface area contributed by atoms with Crippen molar-refractivity contribution in [2.75, 3.05) is 17.3 Å². The van der Waals surface area contributed by atoms with E-state index in [9.17, 15) is 9.59 Å². The minimum absolute atomic E-state index is 0.281. The summed E-state index contributed by atoms with van der Waals surface area (Å²) in [4.78, 5) is 25.3. The number of thioether (sulfide) groups is 1. The van der Waals surface area contributed by atoms with Crippen LogP contribution in [0.5, 0.6) is 0 Å². The summed E-state index contributed by atoms with van der Waals surface area (Å²) in [6.07, 6.45) is 3.32. The summed E-state index contributed by atoms with van der Waals surface area (Å²) in [5.41, 5.74) is 0.495. The lowest BCUT2D eigenvalue weighted by Crippen LogP contribution is -2.44. The molecule has 2 N–H and O–H groups in total. The van der Waals surface area contributed by atoms with Crippen molar-refractivity contribution in [1.29, 1.82) is 0 Å². The maximum Gasteiger partial charge on any atom is 0.253 e. The number of benzene rings is 1. The number of hydrogen-bond acceptors (Lipinski definition) is 6. The lowest BCUT2D eigenvalue weighted by Gasteiger charge is -2.17. The zero-order valence-electron chi connectivity index (χ0n) is 15.5. The van der Waals surface area contributed by atoms with Crippen LogP contribution in [0.25, 0.3) is 0 Å². The second-order valence-corrected chi connectivity index (χ2v) is 9.28. The van der Waals surface area contributed by atoms with Gasteiger partial charge in [-0.1, -0.05) is 37.3 Å². The highest BCUT2D eigenvalue weighted by Crippen LogP contribution is 2.19. The fourth-order valence-corrected chi connectivity index (χ4v) is 4.21. The number of rotatable bonds is 9. The maximum absolute atomic E-state index is 12.7. The van der Waals surface area contributed by atoms with Crippen LogP contribution in [0.15, 0.2) is 28.7 Å². The van der Waals surface area contributed by atoms with Gasteiger partial charge >= 0.3 is 0 Å². The molecular weight excluding hydrogens is 448 g/mol. The van der Waals surface area contributed by atoms with Gasteiger partial charge in [0.05, 0.1) is 5.56 Å². The summed E-state index contributed by atoms with van der Waals surface area (Å²) < 4.78 is 0.689. The van der Waals surface area contributed by atoms with Crippen LogP contribution in [0, 0.1) is 5.92 Å². The predicted molar refractivity (Wildman–Crippen MR) is 115 cm³/mol. The molecule has 0 aliphatic heterocycles. The molecular formula is C18H23BrN4O2S2. The van der Waals surface area contributed by atoms with Gasteiger partial charge in [-0.15, -0.1) is 10.2 Å². The van der Waals surface area contributed by atoms with E-state index in [0.29, 0.717) is 27.5 Å². The Bertz CT molecular complexity index is 782. The summed E-state index contributed by atoms with van der Waals surface area (Å²) in [6, 6.07) is 6.49. The molecule has 0 aliphatic rings. The summed E-state index contributed by atoms with van der Waals surface area (Å²) in [5.74, 6) is 0.654. The van der Waals surface area contributed by atoms with Crippen molar-refractivity contribution in [3.63, 3.8) is 0 Å². The number of nitrogens with zero attached hydrogens (tertiary/aromatic N) is 2. The molecule has 27 heavy (non-hydrogen) atoms. The van der Waals surface area contributed by atoms with Gasteiger partial charge in [0.15, 0.2) is 0 Å². The van der Waals surface area contributed by atoms with E-state index >= 15 is 0 Å². The quantitative estimate of drug-likeness (QED) is 0.578. The Morgan fingerprint density at radius 2 is 2.00 bits per heavy atom. The Hall–Kier alpha value is -1.45. The highest BCUT2D eigenvalue weighted by molar-refractivity contribution is 9.10. The second kappa shape index (κ2) is 10.8. The average molecular weight is 471 g/mol. The standard InChI is InChI=1S/C18H23BrN4O2S2/c1-11(2)10-15-22-23-18(27-15)21-17(25)14(8-9-26-3)20-16(24)12-6-4-5-7-13(12)19/h4-7,11,14H,8-10H2,1-3H3,(H,20,24)(H,21,23,25). The van der Waals surface area contributed by atoms with E-state index in [4.69, 9.17) is 0 Å². The highest BCUT2D eigenvalue weighted by atomic mass is 79.9. The molecule has 9 heteroatoms. The van der Waals surface area contributed by atoms with Crippen molar-refractivity contribution in [2.24, 2.45) is 5.92 Å². The number of carbonyl (C=O) groups excluding carboxylic acids is 2. The van der Waals surface area contributed by atoms with Crippen molar-refractivity contribution < 1.29 is 9.59 Å². The number of hydrogen-bond donors (Lipinski definition) is 2. The second-order valence-electron chi connectivity index (χ2n) is 6.38. The minimum atomic E-state index is -0.644. The van der Waals surface area contributed by atoms with E-state index in [2.05, 4.69) is 50.6 Å². The first-order chi connectivity index (χ1) is 12.9. The Balaban J connectivity index is 2.05. The van der Waals surface area contributed by atoms with Crippen LogP contribution < -0.4 is 10.6 Å². The van der Waals surface area contributed by atoms with Crippen LogP contribution in [0.2, 0.25) is 0 Å². The zero-order chi connectivity index (χ0) is 19.8. The van der Waals surface area contributed by atoms with Gasteiger partial charge in [-0.3, -0.25) is 14.9 Å². The smallest absolute Gasteiger partial charge is 0.253 e. The lowest BCUT2D eigenvalue weighted by molar-refractivity contribution is -0.118. The molecule has 6 nitrogen and oxygen atoms in total. The molecule has 1 heterocycles. The van der Waals surface area contributed by atoms with Gasteiger partial charge in [0, 0.05) is 10.9 Å². The van der Waals surface area contributed by atoms with Gasteiger partial charge < -0.3 is 5.32 Å². The monoisotopic (exact) mass is 470 g/mol. The summed E-state index contributed by atoms with van der Waals surface area (Å²) in [6.45, 7) is 4.21. The first kappa shape index (κ1) is 21.8. The van der Waals surface area contributed by atoms with Gasteiger partial charge in [-0.2, -0.15) is 11.8 Å². The van der Waals surface area contributed by atoms with Crippen molar-refractivity contribution in [2.45, 2.75) is 32.7 Å². The third-order valence-corrected chi connectivity index (χ3v) is 5.83. The molecule has 0 aliphatic carbocycles. The molecule has 1 unspecified atom stereocenters. The number of carbonyl (C=O) groups is 2. The van der Waals surface area contributed by atoms with E-state index in [-0.39, 0.29) is 11.8 Å². The van der Waals surface area contributed by atoms with Crippen LogP contribution in [0.3, 0.4) is 0 Å². The van der Waals surface area contributed by atoms with Gasteiger partial charge in [0.1, 0.15) is 11.0 Å². The first-order valence-corrected chi connectivity index (χ1v) is 11.6. The molecule has 0 saturated heterocycles. The number of anilines is 1. The number of nitrogens with one attached hydrogen (secondary N) is 2.